The van der Waals surface area contributed by atoms with E-state index in [0.29, 0.717) is 11.3 Å². The molecule has 0 spiro atoms. The lowest BCUT2D eigenvalue weighted by atomic mass is 10.2. The van der Waals surface area contributed by atoms with Crippen LogP contribution in [0.1, 0.15) is 23.2 Å². The summed E-state index contributed by atoms with van der Waals surface area (Å²) in [5.41, 5.74) is 1.30. The number of halogens is 1. The van der Waals surface area contributed by atoms with E-state index in [9.17, 15) is 9.59 Å². The Morgan fingerprint density at radius 2 is 1.78 bits per heavy atom. The Hall–Kier alpha value is -1.55. The Morgan fingerprint density at radius 1 is 1.17 bits per heavy atom. The van der Waals surface area contributed by atoms with Crippen LogP contribution < -0.4 is 5.32 Å². The maximum Gasteiger partial charge on any atom is 0.253 e. The highest BCUT2D eigenvalue weighted by Gasteiger charge is 2.19. The van der Waals surface area contributed by atoms with Crippen LogP contribution in [0.5, 0.6) is 0 Å². The summed E-state index contributed by atoms with van der Waals surface area (Å²) in [7, 11) is 0. The van der Waals surface area contributed by atoms with Gasteiger partial charge in [0.15, 0.2) is 0 Å². The summed E-state index contributed by atoms with van der Waals surface area (Å²) < 4.78 is 0. The fourth-order valence-corrected chi connectivity index (χ4v) is 2.06. The lowest BCUT2D eigenvalue weighted by Gasteiger charge is -2.15. The van der Waals surface area contributed by atoms with E-state index in [0.717, 1.165) is 25.9 Å². The van der Waals surface area contributed by atoms with Crippen molar-refractivity contribution in [1.82, 2.24) is 4.90 Å². The summed E-state index contributed by atoms with van der Waals surface area (Å²) in [4.78, 5) is 25.0. The number of carbonyl (C=O) groups excluding carboxylic acids is 2. The molecule has 18 heavy (non-hydrogen) atoms. The van der Waals surface area contributed by atoms with E-state index in [1.165, 1.54) is 0 Å². The van der Waals surface area contributed by atoms with Crippen LogP contribution in [0.15, 0.2) is 24.3 Å². The van der Waals surface area contributed by atoms with Gasteiger partial charge < -0.3 is 10.2 Å². The monoisotopic (exact) mass is 266 g/mol. The molecule has 1 N–H and O–H groups in total. The smallest absolute Gasteiger partial charge is 0.253 e. The first kappa shape index (κ1) is 12.9. The highest BCUT2D eigenvalue weighted by atomic mass is 35.5. The Balaban J connectivity index is 2.02. The first-order valence-electron chi connectivity index (χ1n) is 5.96. The number of hydrogen-bond acceptors (Lipinski definition) is 2. The van der Waals surface area contributed by atoms with Gasteiger partial charge in [0.1, 0.15) is 5.88 Å². The Bertz CT molecular complexity index is 439. The molecular formula is C13H15ClN2O2. The second kappa shape index (κ2) is 5.87. The number of nitrogens with one attached hydrogen (secondary N) is 1. The zero-order valence-electron chi connectivity index (χ0n) is 9.99. The topological polar surface area (TPSA) is 49.4 Å². The lowest BCUT2D eigenvalue weighted by molar-refractivity contribution is -0.113. The van der Waals surface area contributed by atoms with Gasteiger partial charge in [0.2, 0.25) is 5.91 Å². The van der Waals surface area contributed by atoms with Crippen molar-refractivity contribution in [2.24, 2.45) is 0 Å². The maximum atomic E-state index is 12.1. The van der Waals surface area contributed by atoms with Crippen LogP contribution in [-0.4, -0.2) is 35.7 Å². The number of alkyl halides is 1. The van der Waals surface area contributed by atoms with Gasteiger partial charge in [-0.25, -0.2) is 0 Å². The van der Waals surface area contributed by atoms with E-state index in [-0.39, 0.29) is 17.7 Å². The molecule has 2 rings (SSSR count). The normalized spacial score (nSPS) is 14.6. The molecule has 0 atom stereocenters. The summed E-state index contributed by atoms with van der Waals surface area (Å²) in [6, 6.07) is 6.89. The van der Waals surface area contributed by atoms with Gasteiger partial charge in [0.25, 0.3) is 5.91 Å². The SMILES string of the molecule is O=C(CCl)Nc1ccc(C(=O)N2CCCC2)cc1. The quantitative estimate of drug-likeness (QED) is 0.852. The van der Waals surface area contributed by atoms with Crippen molar-refractivity contribution in [3.63, 3.8) is 0 Å². The molecular weight excluding hydrogens is 252 g/mol. The Kier molecular flexibility index (Phi) is 4.20. The highest BCUT2D eigenvalue weighted by Crippen LogP contribution is 2.15. The fraction of sp³-hybridized carbons (Fsp3) is 0.385. The number of benzene rings is 1. The van der Waals surface area contributed by atoms with E-state index in [1.54, 1.807) is 24.3 Å². The van der Waals surface area contributed by atoms with E-state index < -0.39 is 0 Å². The van der Waals surface area contributed by atoms with E-state index in [1.807, 2.05) is 4.90 Å². The summed E-state index contributed by atoms with van der Waals surface area (Å²) >= 11 is 5.40. The van der Waals surface area contributed by atoms with Crippen LogP contribution in [0.3, 0.4) is 0 Å². The van der Waals surface area contributed by atoms with Crippen molar-refractivity contribution in [2.75, 3.05) is 24.3 Å². The van der Waals surface area contributed by atoms with E-state index in [4.69, 9.17) is 11.6 Å². The van der Waals surface area contributed by atoms with Crippen molar-refractivity contribution in [2.45, 2.75) is 12.8 Å². The third-order valence-electron chi connectivity index (χ3n) is 2.93. The van der Waals surface area contributed by atoms with Crippen molar-refractivity contribution < 1.29 is 9.59 Å². The molecule has 0 bridgehead atoms. The molecule has 0 saturated carbocycles. The van der Waals surface area contributed by atoms with Crippen molar-refractivity contribution in [3.05, 3.63) is 29.8 Å². The maximum absolute atomic E-state index is 12.1. The van der Waals surface area contributed by atoms with Gasteiger partial charge in [-0.2, -0.15) is 0 Å². The molecule has 0 aromatic heterocycles. The van der Waals surface area contributed by atoms with Crippen molar-refractivity contribution >= 4 is 29.1 Å². The lowest BCUT2D eigenvalue weighted by Crippen LogP contribution is -2.27. The van der Waals surface area contributed by atoms with Gasteiger partial charge >= 0.3 is 0 Å². The molecule has 1 fully saturated rings. The van der Waals surface area contributed by atoms with E-state index in [2.05, 4.69) is 5.32 Å². The number of likely N-dealkylation sites (tertiary alicyclic amines) is 1. The number of anilines is 1. The van der Waals surface area contributed by atoms with Crippen LogP contribution in [-0.2, 0) is 4.79 Å². The highest BCUT2D eigenvalue weighted by molar-refractivity contribution is 6.29. The molecule has 1 aromatic rings. The first-order valence-corrected chi connectivity index (χ1v) is 6.49. The molecule has 1 aromatic carbocycles. The van der Waals surface area contributed by atoms with Gasteiger partial charge in [0.05, 0.1) is 0 Å². The largest absolute Gasteiger partial charge is 0.339 e. The molecule has 1 saturated heterocycles. The average molecular weight is 267 g/mol. The average Bonchev–Trinajstić information content (AvgIpc) is 2.92. The summed E-state index contributed by atoms with van der Waals surface area (Å²) in [5, 5.41) is 2.63. The molecule has 5 heteroatoms. The van der Waals surface area contributed by atoms with Gasteiger partial charge in [-0.05, 0) is 37.1 Å². The number of amides is 2. The predicted molar refractivity (Wildman–Crippen MR) is 70.9 cm³/mol. The van der Waals surface area contributed by atoms with Crippen LogP contribution in [0.2, 0.25) is 0 Å². The van der Waals surface area contributed by atoms with Crippen molar-refractivity contribution in [3.8, 4) is 0 Å². The van der Waals surface area contributed by atoms with Gasteiger partial charge in [-0.15, -0.1) is 11.6 Å². The molecule has 0 radical (unpaired) electrons. The minimum absolute atomic E-state index is 0.0581. The third-order valence-corrected chi connectivity index (χ3v) is 3.17. The predicted octanol–water partition coefficient (Wildman–Crippen LogP) is 2.10. The molecule has 1 aliphatic heterocycles. The van der Waals surface area contributed by atoms with Gasteiger partial charge in [0, 0.05) is 24.3 Å². The van der Waals surface area contributed by atoms with Crippen LogP contribution in [0.4, 0.5) is 5.69 Å². The van der Waals surface area contributed by atoms with Gasteiger partial charge in [-0.1, -0.05) is 0 Å². The molecule has 96 valence electrons. The minimum atomic E-state index is -0.254. The molecule has 2 amide bonds. The summed E-state index contributed by atoms with van der Waals surface area (Å²) in [6.07, 6.45) is 2.16. The van der Waals surface area contributed by atoms with Gasteiger partial charge in [-0.3, -0.25) is 9.59 Å². The number of carbonyl (C=O) groups is 2. The number of hydrogen-bond donors (Lipinski definition) is 1. The summed E-state index contributed by atoms with van der Waals surface area (Å²) in [6.45, 7) is 1.67. The first-order chi connectivity index (χ1) is 8.70. The van der Waals surface area contributed by atoms with Crippen LogP contribution in [0.25, 0.3) is 0 Å². The number of nitrogens with zero attached hydrogens (tertiary/aromatic N) is 1. The van der Waals surface area contributed by atoms with Crippen molar-refractivity contribution in [1.29, 1.82) is 0 Å². The molecule has 0 unspecified atom stereocenters. The molecule has 0 aliphatic carbocycles. The standard InChI is InChI=1S/C13H15ClN2O2/c14-9-12(17)15-11-5-3-10(4-6-11)13(18)16-7-1-2-8-16/h3-6H,1-2,7-9H2,(H,15,17). The second-order valence-electron chi connectivity index (χ2n) is 4.26. The fourth-order valence-electron chi connectivity index (χ4n) is 1.99. The van der Waals surface area contributed by atoms with Crippen LogP contribution >= 0.6 is 11.6 Å². The molecule has 4 nitrogen and oxygen atoms in total. The van der Waals surface area contributed by atoms with Crippen LogP contribution in [0, 0.1) is 0 Å². The molecule has 1 heterocycles. The Morgan fingerprint density at radius 3 is 2.33 bits per heavy atom. The van der Waals surface area contributed by atoms with E-state index >= 15 is 0 Å². The zero-order chi connectivity index (χ0) is 13.0. The molecule has 1 aliphatic rings. The minimum Gasteiger partial charge on any atom is -0.339 e. The second-order valence-corrected chi connectivity index (χ2v) is 4.53. The number of rotatable bonds is 3. The zero-order valence-corrected chi connectivity index (χ0v) is 10.7. The summed E-state index contributed by atoms with van der Waals surface area (Å²) in [5.74, 6) is -0.271. The Labute approximate surface area is 111 Å². The third kappa shape index (κ3) is 3.01.